The Balaban J connectivity index is 2.06. The quantitative estimate of drug-likeness (QED) is 0.603. The van der Waals surface area contributed by atoms with Crippen LogP contribution in [0.4, 0.5) is 0 Å². The van der Waals surface area contributed by atoms with Crippen LogP contribution in [0.3, 0.4) is 0 Å². The molecule has 0 atom stereocenters. The molecule has 0 saturated heterocycles. The lowest BCUT2D eigenvalue weighted by Gasteiger charge is -2.10. The molecule has 6 nitrogen and oxygen atoms in total. The molecule has 0 bridgehead atoms. The van der Waals surface area contributed by atoms with Gasteiger partial charge < -0.3 is 10.1 Å². The number of nitrogens with two attached hydrogens (primary N) is 1. The molecule has 0 spiro atoms. The summed E-state index contributed by atoms with van der Waals surface area (Å²) < 4.78 is 28.8. The monoisotopic (exact) mass is 494 g/mol. The SMILES string of the molecule is COc1ccc(Cl)cc1C(=O)NCCc1ccc(I)c(S(N)(=O)=O)c1. The zero-order valence-electron chi connectivity index (χ0n) is 13.3. The predicted molar refractivity (Wildman–Crippen MR) is 105 cm³/mol. The van der Waals surface area contributed by atoms with Crippen molar-refractivity contribution in [2.45, 2.75) is 11.3 Å². The van der Waals surface area contributed by atoms with Gasteiger partial charge in [0.05, 0.1) is 17.6 Å². The standard InChI is InChI=1S/C16H16ClIN2O4S/c1-24-14-5-3-11(17)9-12(14)16(21)20-7-6-10-2-4-13(18)15(8-10)25(19,22)23/h2-5,8-9H,6-7H2,1H3,(H,20,21)(H2,19,22,23). The molecule has 0 heterocycles. The Morgan fingerprint density at radius 2 is 2.00 bits per heavy atom. The smallest absolute Gasteiger partial charge is 0.255 e. The van der Waals surface area contributed by atoms with Crippen LogP contribution < -0.4 is 15.2 Å². The molecule has 25 heavy (non-hydrogen) atoms. The second kappa shape index (κ2) is 8.35. The summed E-state index contributed by atoms with van der Waals surface area (Å²) in [6, 6.07) is 9.77. The first kappa shape index (κ1) is 20.0. The van der Waals surface area contributed by atoms with Gasteiger partial charge in [-0.25, -0.2) is 13.6 Å². The third-order valence-corrected chi connectivity index (χ3v) is 5.90. The van der Waals surface area contributed by atoms with E-state index in [9.17, 15) is 13.2 Å². The van der Waals surface area contributed by atoms with Gasteiger partial charge in [-0.1, -0.05) is 17.7 Å². The third-order valence-electron chi connectivity index (χ3n) is 3.41. The summed E-state index contributed by atoms with van der Waals surface area (Å²) in [4.78, 5) is 12.4. The van der Waals surface area contributed by atoms with Crippen LogP contribution in [0.2, 0.25) is 5.02 Å². The maximum atomic E-state index is 12.3. The summed E-state index contributed by atoms with van der Waals surface area (Å²) in [6.07, 6.45) is 0.452. The number of methoxy groups -OCH3 is 1. The van der Waals surface area contributed by atoms with E-state index < -0.39 is 10.0 Å². The van der Waals surface area contributed by atoms with Gasteiger partial charge in [0.15, 0.2) is 0 Å². The number of carbonyl (C=O) groups excluding carboxylic acids is 1. The van der Waals surface area contributed by atoms with Crippen molar-refractivity contribution >= 4 is 50.1 Å². The van der Waals surface area contributed by atoms with Crippen LogP contribution in [0.5, 0.6) is 5.75 Å². The number of benzene rings is 2. The molecule has 9 heteroatoms. The number of halogens is 2. The molecule has 1 amide bonds. The molecular formula is C16H16ClIN2O4S. The molecule has 0 aliphatic carbocycles. The van der Waals surface area contributed by atoms with E-state index in [-0.39, 0.29) is 10.8 Å². The van der Waals surface area contributed by atoms with Crippen molar-refractivity contribution < 1.29 is 17.9 Å². The average molecular weight is 495 g/mol. The summed E-state index contributed by atoms with van der Waals surface area (Å²) >= 11 is 7.83. The highest BCUT2D eigenvalue weighted by Gasteiger charge is 2.14. The number of carbonyl (C=O) groups is 1. The summed E-state index contributed by atoms with van der Waals surface area (Å²) in [5, 5.41) is 8.39. The van der Waals surface area contributed by atoms with E-state index in [1.165, 1.54) is 19.2 Å². The lowest BCUT2D eigenvalue weighted by Crippen LogP contribution is -2.26. The van der Waals surface area contributed by atoms with Gasteiger partial charge in [-0.05, 0) is 64.9 Å². The van der Waals surface area contributed by atoms with Crippen LogP contribution >= 0.6 is 34.2 Å². The molecule has 2 aromatic carbocycles. The van der Waals surface area contributed by atoms with Crippen molar-refractivity contribution in [3.8, 4) is 5.75 Å². The maximum Gasteiger partial charge on any atom is 0.255 e. The molecular weight excluding hydrogens is 479 g/mol. The van der Waals surface area contributed by atoms with Crippen LogP contribution in [0.25, 0.3) is 0 Å². The molecule has 134 valence electrons. The lowest BCUT2D eigenvalue weighted by atomic mass is 10.1. The van der Waals surface area contributed by atoms with Gasteiger partial charge in [-0.15, -0.1) is 0 Å². The van der Waals surface area contributed by atoms with Crippen LogP contribution in [-0.2, 0) is 16.4 Å². The van der Waals surface area contributed by atoms with Gasteiger partial charge in [0, 0.05) is 15.1 Å². The second-order valence-electron chi connectivity index (χ2n) is 5.16. The van der Waals surface area contributed by atoms with Crippen molar-refractivity contribution in [3.63, 3.8) is 0 Å². The number of hydrogen-bond acceptors (Lipinski definition) is 4. The number of sulfonamides is 1. The minimum atomic E-state index is -3.78. The minimum absolute atomic E-state index is 0.0773. The van der Waals surface area contributed by atoms with Gasteiger partial charge in [0.1, 0.15) is 5.75 Å². The van der Waals surface area contributed by atoms with Crippen LogP contribution in [0.1, 0.15) is 15.9 Å². The molecule has 0 aliphatic rings. The molecule has 2 rings (SSSR count). The highest BCUT2D eigenvalue weighted by atomic mass is 127. The van der Waals surface area contributed by atoms with Gasteiger partial charge in [0.25, 0.3) is 5.91 Å². The molecule has 3 N–H and O–H groups in total. The van der Waals surface area contributed by atoms with Crippen molar-refractivity contribution in [1.29, 1.82) is 0 Å². The first-order chi connectivity index (χ1) is 11.7. The molecule has 0 aromatic heterocycles. The second-order valence-corrected chi connectivity index (χ2v) is 8.29. The van der Waals surface area contributed by atoms with Gasteiger partial charge in [-0.3, -0.25) is 4.79 Å². The Bertz CT molecular complexity index is 903. The maximum absolute atomic E-state index is 12.3. The zero-order valence-corrected chi connectivity index (χ0v) is 17.0. The summed E-state index contributed by atoms with van der Waals surface area (Å²) in [5.41, 5.74) is 1.09. The summed E-state index contributed by atoms with van der Waals surface area (Å²) in [7, 11) is -2.31. The fourth-order valence-corrected chi connectivity index (χ4v) is 4.28. The first-order valence-electron chi connectivity index (χ1n) is 7.15. The Morgan fingerprint density at radius 3 is 2.64 bits per heavy atom. The largest absolute Gasteiger partial charge is 0.496 e. The number of primary sulfonamides is 1. The number of nitrogens with one attached hydrogen (secondary N) is 1. The Kier molecular flexibility index (Phi) is 6.66. The highest BCUT2D eigenvalue weighted by Crippen LogP contribution is 2.22. The molecule has 0 aliphatic heterocycles. The number of rotatable bonds is 6. The van der Waals surface area contributed by atoms with E-state index in [0.717, 1.165) is 5.56 Å². The minimum Gasteiger partial charge on any atom is -0.496 e. The van der Waals surface area contributed by atoms with Gasteiger partial charge in [-0.2, -0.15) is 0 Å². The molecule has 0 fully saturated rings. The van der Waals surface area contributed by atoms with Crippen LogP contribution in [0, 0.1) is 3.57 Å². The fraction of sp³-hybridized carbons (Fsp3) is 0.188. The predicted octanol–water partition coefficient (Wildman–Crippen LogP) is 2.57. The highest BCUT2D eigenvalue weighted by molar-refractivity contribution is 14.1. The topological polar surface area (TPSA) is 98.5 Å². The van der Waals surface area contributed by atoms with E-state index in [1.807, 2.05) is 22.6 Å². The van der Waals surface area contributed by atoms with Crippen LogP contribution in [0.15, 0.2) is 41.3 Å². The zero-order chi connectivity index (χ0) is 18.6. The van der Waals surface area contributed by atoms with E-state index in [0.29, 0.717) is 32.9 Å². The number of hydrogen-bond donors (Lipinski definition) is 2. The Morgan fingerprint density at radius 1 is 1.28 bits per heavy atom. The normalized spacial score (nSPS) is 11.2. The fourth-order valence-electron chi connectivity index (χ4n) is 2.19. The third kappa shape index (κ3) is 5.30. The number of amides is 1. The van der Waals surface area contributed by atoms with Crippen molar-refractivity contribution in [2.24, 2.45) is 5.14 Å². The van der Waals surface area contributed by atoms with Crippen molar-refractivity contribution in [3.05, 3.63) is 56.1 Å². The molecule has 0 unspecified atom stereocenters. The molecule has 0 saturated carbocycles. The van der Waals surface area contributed by atoms with Crippen molar-refractivity contribution in [1.82, 2.24) is 5.32 Å². The first-order valence-corrected chi connectivity index (χ1v) is 10.2. The van der Waals surface area contributed by atoms with Crippen molar-refractivity contribution in [2.75, 3.05) is 13.7 Å². The average Bonchev–Trinajstić information content (AvgIpc) is 2.55. The van der Waals surface area contributed by atoms with E-state index in [2.05, 4.69) is 5.32 Å². The number of ether oxygens (including phenoxy) is 1. The van der Waals surface area contributed by atoms with Gasteiger partial charge in [0.2, 0.25) is 10.0 Å². The molecule has 0 radical (unpaired) electrons. The Labute approximate surface area is 164 Å². The Hall–Kier alpha value is -1.36. The summed E-state index contributed by atoms with van der Waals surface area (Å²) in [5.74, 6) is 0.101. The summed E-state index contributed by atoms with van der Waals surface area (Å²) in [6.45, 7) is 0.319. The van der Waals surface area contributed by atoms with E-state index >= 15 is 0 Å². The van der Waals surface area contributed by atoms with E-state index in [1.54, 1.807) is 24.3 Å². The van der Waals surface area contributed by atoms with E-state index in [4.69, 9.17) is 21.5 Å². The van der Waals surface area contributed by atoms with Crippen LogP contribution in [-0.4, -0.2) is 28.0 Å². The van der Waals surface area contributed by atoms with Gasteiger partial charge >= 0.3 is 0 Å². The lowest BCUT2D eigenvalue weighted by molar-refractivity contribution is 0.0951. The molecule has 2 aromatic rings.